The molecule has 0 amide bonds. The third kappa shape index (κ3) is 4.23. The highest BCUT2D eigenvalue weighted by Crippen LogP contribution is 2.39. The fourth-order valence-corrected chi connectivity index (χ4v) is 7.95. The first-order valence-electron chi connectivity index (χ1n) is 9.11. The Labute approximate surface area is 170 Å². The highest BCUT2D eigenvalue weighted by atomic mass is 79.9. The Morgan fingerprint density at radius 1 is 0.889 bits per heavy atom. The Hall–Kier alpha value is -1.75. The highest BCUT2D eigenvalue weighted by Gasteiger charge is 2.49. The molecule has 0 atom stereocenters. The molecule has 140 valence electrons. The number of benzene rings is 3. The lowest BCUT2D eigenvalue weighted by molar-refractivity contribution is 0.466. The lowest BCUT2D eigenvalue weighted by Crippen LogP contribution is -2.65. The van der Waals surface area contributed by atoms with E-state index in [1.54, 1.807) is 6.07 Å². The summed E-state index contributed by atoms with van der Waals surface area (Å²) in [4.78, 5) is 12.1. The average molecular weight is 443 g/mol. The first kappa shape index (κ1) is 20.0. The molecule has 0 aliphatic heterocycles. The monoisotopic (exact) mass is 442 g/mol. The third-order valence-electron chi connectivity index (χ3n) is 5.32. The van der Waals surface area contributed by atoms with Gasteiger partial charge >= 0.3 is 0 Å². The smallest absolute Gasteiger partial charge is 0.258 e. The topological polar surface area (TPSA) is 20.2 Å². The van der Waals surface area contributed by atoms with E-state index in [-0.39, 0.29) is 10.9 Å². The lowest BCUT2D eigenvalue weighted by atomic mass is 10.0. The highest BCUT2D eigenvalue weighted by molar-refractivity contribution is 9.10. The van der Waals surface area contributed by atoms with E-state index in [4.69, 9.17) is 0 Å². The first-order valence-corrected chi connectivity index (χ1v) is 11.9. The summed E-state index contributed by atoms with van der Waals surface area (Å²) in [5.41, 5.74) is 0.937. The predicted octanol–water partition coefficient (Wildman–Crippen LogP) is 5.05. The van der Waals surface area contributed by atoms with Crippen molar-refractivity contribution in [2.75, 3.05) is 0 Å². The predicted molar refractivity (Wildman–Crippen MR) is 117 cm³/mol. The molecule has 3 rings (SSSR count). The van der Waals surface area contributed by atoms with E-state index < -0.39 is 8.32 Å². The minimum Gasteiger partial charge on any atom is -0.424 e. The SMILES string of the molecule is CC(C)(CCc1cc(F)cc(Br)c1)[Si](O)(c1ccccc1)c1ccccc1. The molecule has 1 N–H and O–H groups in total. The van der Waals surface area contributed by atoms with Gasteiger partial charge in [0.05, 0.1) is 0 Å². The number of aryl methyl sites for hydroxylation is 1. The summed E-state index contributed by atoms with van der Waals surface area (Å²) in [6.07, 6.45) is 1.47. The molecule has 3 aromatic carbocycles. The molecule has 0 fully saturated rings. The van der Waals surface area contributed by atoms with Gasteiger partial charge in [-0.25, -0.2) is 4.39 Å². The van der Waals surface area contributed by atoms with E-state index in [1.807, 2.05) is 66.7 Å². The number of hydrogen-bond donors (Lipinski definition) is 1. The van der Waals surface area contributed by atoms with Crippen LogP contribution >= 0.6 is 15.9 Å². The maximum absolute atomic E-state index is 13.7. The van der Waals surface area contributed by atoms with Crippen LogP contribution in [0.5, 0.6) is 0 Å². The van der Waals surface area contributed by atoms with Crippen LogP contribution < -0.4 is 10.4 Å². The molecule has 1 nitrogen and oxygen atoms in total. The van der Waals surface area contributed by atoms with Gasteiger partial charge in [-0.3, -0.25) is 0 Å². The van der Waals surface area contributed by atoms with Crippen molar-refractivity contribution in [2.24, 2.45) is 0 Å². The zero-order valence-electron chi connectivity index (χ0n) is 15.6. The Morgan fingerprint density at radius 2 is 1.41 bits per heavy atom. The molecule has 0 aromatic heterocycles. The van der Waals surface area contributed by atoms with Gasteiger partial charge in [-0.05, 0) is 52.0 Å². The van der Waals surface area contributed by atoms with E-state index >= 15 is 0 Å². The quantitative estimate of drug-likeness (QED) is 0.529. The molecule has 0 aliphatic carbocycles. The molecule has 0 saturated heterocycles. The molecule has 4 heteroatoms. The van der Waals surface area contributed by atoms with Crippen LogP contribution in [0.25, 0.3) is 0 Å². The summed E-state index contributed by atoms with van der Waals surface area (Å²) in [6.45, 7) is 4.27. The van der Waals surface area contributed by atoms with Crippen LogP contribution in [-0.2, 0) is 6.42 Å². The summed E-state index contributed by atoms with van der Waals surface area (Å²) < 4.78 is 14.5. The Bertz CT molecular complexity index is 837. The Morgan fingerprint density at radius 3 is 1.89 bits per heavy atom. The van der Waals surface area contributed by atoms with Crippen LogP contribution in [0.4, 0.5) is 4.39 Å². The van der Waals surface area contributed by atoms with Crippen LogP contribution in [0.3, 0.4) is 0 Å². The number of halogens is 2. The van der Waals surface area contributed by atoms with Crippen LogP contribution in [0.15, 0.2) is 83.3 Å². The maximum Gasteiger partial charge on any atom is 0.258 e. The molecule has 0 heterocycles. The standard InChI is InChI=1S/C23H24BrFOSi/c1-23(2,14-13-18-15-19(24)17-20(25)16-18)27(26,21-9-5-3-6-10-21)22-11-7-4-8-12-22/h3-12,15-17,26H,13-14H2,1-2H3. The fourth-order valence-electron chi connectivity index (χ4n) is 3.70. The molecule has 0 unspecified atom stereocenters. The largest absolute Gasteiger partial charge is 0.424 e. The van der Waals surface area contributed by atoms with Crippen molar-refractivity contribution in [3.05, 3.63) is 94.7 Å². The molecule has 0 bridgehead atoms. The van der Waals surface area contributed by atoms with Gasteiger partial charge < -0.3 is 4.80 Å². The molecule has 0 spiro atoms. The molecule has 0 aliphatic rings. The fraction of sp³-hybridized carbons (Fsp3) is 0.217. The van der Waals surface area contributed by atoms with Gasteiger partial charge in [0.2, 0.25) is 0 Å². The zero-order chi connectivity index (χ0) is 19.5. The Kier molecular flexibility index (Phi) is 5.99. The van der Waals surface area contributed by atoms with Crippen molar-refractivity contribution >= 4 is 34.6 Å². The maximum atomic E-state index is 13.7. The average Bonchev–Trinajstić information content (AvgIpc) is 2.66. The minimum absolute atomic E-state index is 0.240. The summed E-state index contributed by atoms with van der Waals surface area (Å²) in [5.74, 6) is -0.240. The van der Waals surface area contributed by atoms with Gasteiger partial charge in [-0.15, -0.1) is 0 Å². The molecular weight excluding hydrogens is 419 g/mol. The lowest BCUT2D eigenvalue weighted by Gasteiger charge is -2.41. The normalized spacial score (nSPS) is 12.2. The van der Waals surface area contributed by atoms with Gasteiger partial charge in [0, 0.05) is 4.47 Å². The van der Waals surface area contributed by atoms with Crippen LogP contribution in [0.1, 0.15) is 25.8 Å². The number of hydrogen-bond acceptors (Lipinski definition) is 1. The van der Waals surface area contributed by atoms with E-state index in [0.29, 0.717) is 6.42 Å². The van der Waals surface area contributed by atoms with E-state index in [0.717, 1.165) is 26.8 Å². The van der Waals surface area contributed by atoms with Crippen LogP contribution in [0.2, 0.25) is 5.04 Å². The van der Waals surface area contributed by atoms with E-state index in [1.165, 1.54) is 6.07 Å². The molecule has 0 radical (unpaired) electrons. The van der Waals surface area contributed by atoms with Crippen LogP contribution in [0, 0.1) is 5.82 Å². The van der Waals surface area contributed by atoms with Crippen molar-refractivity contribution in [1.29, 1.82) is 0 Å². The zero-order valence-corrected chi connectivity index (χ0v) is 18.2. The second-order valence-corrected chi connectivity index (χ2v) is 12.4. The van der Waals surface area contributed by atoms with Gasteiger partial charge in [-0.2, -0.15) is 0 Å². The summed E-state index contributed by atoms with van der Waals surface area (Å²) in [7, 11) is -3.02. The molecule has 3 aromatic rings. The van der Waals surface area contributed by atoms with Crippen molar-refractivity contribution in [2.45, 2.75) is 31.7 Å². The van der Waals surface area contributed by atoms with Gasteiger partial charge in [0.15, 0.2) is 0 Å². The van der Waals surface area contributed by atoms with Gasteiger partial charge in [-0.1, -0.05) is 90.4 Å². The van der Waals surface area contributed by atoms with E-state index in [9.17, 15) is 9.19 Å². The van der Waals surface area contributed by atoms with Crippen molar-refractivity contribution in [3.63, 3.8) is 0 Å². The summed E-state index contributed by atoms with van der Waals surface area (Å²) >= 11 is 3.37. The number of rotatable bonds is 6. The van der Waals surface area contributed by atoms with Crippen LogP contribution in [-0.4, -0.2) is 13.1 Å². The Balaban J connectivity index is 1.98. The second-order valence-electron chi connectivity index (χ2n) is 7.60. The van der Waals surface area contributed by atoms with Crippen molar-refractivity contribution < 1.29 is 9.19 Å². The van der Waals surface area contributed by atoms with E-state index in [2.05, 4.69) is 29.8 Å². The molecule has 0 saturated carbocycles. The van der Waals surface area contributed by atoms with Gasteiger partial charge in [0.1, 0.15) is 5.82 Å². The summed E-state index contributed by atoms with van der Waals surface area (Å²) in [5, 5.41) is 1.66. The molecular formula is C23H24BrFOSi. The first-order chi connectivity index (χ1) is 12.8. The molecule has 27 heavy (non-hydrogen) atoms. The minimum atomic E-state index is -3.02. The second kappa shape index (κ2) is 8.09. The van der Waals surface area contributed by atoms with Crippen molar-refractivity contribution in [1.82, 2.24) is 0 Å². The third-order valence-corrected chi connectivity index (χ3v) is 10.3. The summed E-state index contributed by atoms with van der Waals surface area (Å²) in [6, 6.07) is 25.0. The van der Waals surface area contributed by atoms with Gasteiger partial charge in [0.25, 0.3) is 8.32 Å². The van der Waals surface area contributed by atoms with Crippen molar-refractivity contribution in [3.8, 4) is 0 Å².